The summed E-state index contributed by atoms with van der Waals surface area (Å²) in [7, 11) is -3.93. The molecule has 0 aliphatic carbocycles. The van der Waals surface area contributed by atoms with Crippen LogP contribution in [-0.4, -0.2) is 20.9 Å². The Labute approximate surface area is 178 Å². The van der Waals surface area contributed by atoms with Crippen molar-refractivity contribution in [2.75, 3.05) is 16.2 Å². The molecule has 1 amide bonds. The van der Waals surface area contributed by atoms with E-state index in [2.05, 4.69) is 5.32 Å². The van der Waals surface area contributed by atoms with Crippen molar-refractivity contribution in [2.45, 2.75) is 32.6 Å². The summed E-state index contributed by atoms with van der Waals surface area (Å²) in [5.74, 6) is -0.399. The summed E-state index contributed by atoms with van der Waals surface area (Å²) < 4.78 is 28.1. The highest BCUT2D eigenvalue weighted by molar-refractivity contribution is 7.92. The van der Waals surface area contributed by atoms with E-state index in [1.54, 1.807) is 24.3 Å². The van der Waals surface area contributed by atoms with Gasteiger partial charge < -0.3 is 5.32 Å². The van der Waals surface area contributed by atoms with Crippen LogP contribution in [0.4, 0.5) is 11.4 Å². The number of carbonyl (C=O) groups excluding carboxylic acids is 1. The Kier molecular flexibility index (Phi) is 6.27. The highest BCUT2D eigenvalue weighted by atomic mass is 32.2. The van der Waals surface area contributed by atoms with Crippen molar-refractivity contribution in [3.05, 3.63) is 89.0 Å². The van der Waals surface area contributed by atoms with Gasteiger partial charge in [-0.1, -0.05) is 42.5 Å². The third kappa shape index (κ3) is 4.54. The van der Waals surface area contributed by atoms with Crippen LogP contribution >= 0.6 is 0 Å². The van der Waals surface area contributed by atoms with E-state index in [-0.39, 0.29) is 11.4 Å². The van der Waals surface area contributed by atoms with Gasteiger partial charge in [0.2, 0.25) is 5.91 Å². The Morgan fingerprint density at radius 3 is 2.27 bits per heavy atom. The fourth-order valence-corrected chi connectivity index (χ4v) is 4.71. The van der Waals surface area contributed by atoms with E-state index in [1.807, 2.05) is 58.0 Å². The first kappa shape index (κ1) is 21.6. The van der Waals surface area contributed by atoms with Crippen LogP contribution in [0, 0.1) is 27.7 Å². The van der Waals surface area contributed by atoms with Crippen molar-refractivity contribution in [3.63, 3.8) is 0 Å². The Morgan fingerprint density at radius 1 is 0.867 bits per heavy atom. The maximum atomic E-state index is 13.5. The average Bonchev–Trinajstić information content (AvgIpc) is 2.72. The lowest BCUT2D eigenvalue weighted by Crippen LogP contribution is -2.38. The summed E-state index contributed by atoms with van der Waals surface area (Å²) in [5.41, 5.74) is 4.87. The smallest absolute Gasteiger partial charge is 0.264 e. The molecule has 0 saturated heterocycles. The zero-order chi connectivity index (χ0) is 21.9. The fraction of sp³-hybridized carbons (Fsp3) is 0.208. The number of rotatable bonds is 6. The molecule has 0 radical (unpaired) electrons. The Hall–Kier alpha value is -3.12. The number of anilines is 2. The molecule has 3 aromatic rings. The van der Waals surface area contributed by atoms with Crippen LogP contribution < -0.4 is 9.62 Å². The molecule has 0 spiro atoms. The molecule has 1 N–H and O–H groups in total. The molecule has 156 valence electrons. The molecule has 0 aliphatic heterocycles. The maximum absolute atomic E-state index is 13.5. The van der Waals surface area contributed by atoms with Gasteiger partial charge >= 0.3 is 0 Å². The van der Waals surface area contributed by atoms with Crippen LogP contribution in [0.15, 0.2) is 71.6 Å². The molecule has 3 aromatic carbocycles. The van der Waals surface area contributed by atoms with Gasteiger partial charge in [-0.25, -0.2) is 8.42 Å². The number of hydrogen-bond acceptors (Lipinski definition) is 3. The second kappa shape index (κ2) is 8.71. The van der Waals surface area contributed by atoms with Gasteiger partial charge in [0, 0.05) is 5.69 Å². The molecule has 0 heterocycles. The zero-order valence-corrected chi connectivity index (χ0v) is 18.5. The number of amides is 1. The normalized spacial score (nSPS) is 11.2. The van der Waals surface area contributed by atoms with E-state index >= 15 is 0 Å². The molecule has 3 rings (SSSR count). The summed E-state index contributed by atoms with van der Waals surface area (Å²) in [6.45, 7) is 7.30. The molecule has 0 saturated carbocycles. The van der Waals surface area contributed by atoms with Gasteiger partial charge in [0.15, 0.2) is 0 Å². The molecule has 6 heteroatoms. The van der Waals surface area contributed by atoms with E-state index in [0.717, 1.165) is 22.3 Å². The largest absolute Gasteiger partial charge is 0.324 e. The second-order valence-corrected chi connectivity index (χ2v) is 9.27. The standard InChI is InChI=1S/C24H26N2O3S/c1-17-13-14-19(3)23(15-17)26(30(28,29)21-10-6-5-7-11-21)16-24(27)25-22-12-8-9-18(2)20(22)4/h5-15H,16H2,1-4H3,(H,25,27). The van der Waals surface area contributed by atoms with Crippen molar-refractivity contribution in [1.29, 1.82) is 0 Å². The minimum absolute atomic E-state index is 0.144. The topological polar surface area (TPSA) is 66.5 Å². The molecule has 0 atom stereocenters. The first-order chi connectivity index (χ1) is 14.2. The average molecular weight is 423 g/mol. The summed E-state index contributed by atoms with van der Waals surface area (Å²) in [4.78, 5) is 13.1. The molecule has 0 unspecified atom stereocenters. The van der Waals surface area contributed by atoms with E-state index in [9.17, 15) is 13.2 Å². The summed E-state index contributed by atoms with van der Waals surface area (Å²) in [6.07, 6.45) is 0. The number of aryl methyl sites for hydroxylation is 3. The van der Waals surface area contributed by atoms with E-state index < -0.39 is 15.9 Å². The number of nitrogens with zero attached hydrogens (tertiary/aromatic N) is 1. The Morgan fingerprint density at radius 2 is 1.57 bits per heavy atom. The molecule has 0 bridgehead atoms. The van der Waals surface area contributed by atoms with Crippen LogP contribution in [-0.2, 0) is 14.8 Å². The monoisotopic (exact) mass is 422 g/mol. The molecule has 0 aromatic heterocycles. The van der Waals surface area contributed by atoms with Crippen molar-refractivity contribution in [1.82, 2.24) is 0 Å². The first-order valence-corrected chi connectivity index (χ1v) is 11.2. The highest BCUT2D eigenvalue weighted by Gasteiger charge is 2.28. The van der Waals surface area contributed by atoms with Gasteiger partial charge in [-0.05, 0) is 74.2 Å². The number of hydrogen-bond donors (Lipinski definition) is 1. The van der Waals surface area contributed by atoms with Crippen molar-refractivity contribution < 1.29 is 13.2 Å². The second-order valence-electron chi connectivity index (χ2n) is 7.41. The number of sulfonamides is 1. The minimum atomic E-state index is -3.93. The molecular formula is C24H26N2O3S. The van der Waals surface area contributed by atoms with Gasteiger partial charge in [0.05, 0.1) is 10.6 Å². The Bertz CT molecular complexity index is 1170. The highest BCUT2D eigenvalue weighted by Crippen LogP contribution is 2.28. The van der Waals surface area contributed by atoms with Crippen LogP contribution in [0.2, 0.25) is 0 Å². The lowest BCUT2D eigenvalue weighted by atomic mass is 10.1. The molecule has 5 nitrogen and oxygen atoms in total. The number of nitrogens with one attached hydrogen (secondary N) is 1. The lowest BCUT2D eigenvalue weighted by Gasteiger charge is -2.26. The fourth-order valence-electron chi connectivity index (χ4n) is 3.21. The van der Waals surface area contributed by atoms with Gasteiger partial charge in [-0.15, -0.1) is 0 Å². The van der Waals surface area contributed by atoms with Crippen molar-refractivity contribution >= 4 is 27.3 Å². The molecule has 0 fully saturated rings. The molecular weight excluding hydrogens is 396 g/mol. The van der Waals surface area contributed by atoms with Crippen LogP contribution in [0.5, 0.6) is 0 Å². The van der Waals surface area contributed by atoms with Crippen LogP contribution in [0.25, 0.3) is 0 Å². The van der Waals surface area contributed by atoms with E-state index in [0.29, 0.717) is 11.4 Å². The lowest BCUT2D eigenvalue weighted by molar-refractivity contribution is -0.114. The predicted octanol–water partition coefficient (Wildman–Crippen LogP) is 4.75. The summed E-state index contributed by atoms with van der Waals surface area (Å²) >= 11 is 0. The van der Waals surface area contributed by atoms with Gasteiger partial charge in [-0.3, -0.25) is 9.10 Å². The SMILES string of the molecule is Cc1ccc(C)c(N(CC(=O)Nc2cccc(C)c2C)S(=O)(=O)c2ccccc2)c1. The van der Waals surface area contributed by atoms with Crippen molar-refractivity contribution in [3.8, 4) is 0 Å². The molecule has 0 aliphatic rings. The van der Waals surface area contributed by atoms with Gasteiger partial charge in [0.1, 0.15) is 6.54 Å². The third-order valence-electron chi connectivity index (χ3n) is 5.13. The quantitative estimate of drug-likeness (QED) is 0.623. The first-order valence-electron chi connectivity index (χ1n) is 9.71. The minimum Gasteiger partial charge on any atom is -0.324 e. The summed E-state index contributed by atoms with van der Waals surface area (Å²) in [5, 5.41) is 2.86. The van der Waals surface area contributed by atoms with Gasteiger partial charge in [0.25, 0.3) is 10.0 Å². The predicted molar refractivity (Wildman–Crippen MR) is 121 cm³/mol. The number of carbonyl (C=O) groups is 1. The third-order valence-corrected chi connectivity index (χ3v) is 6.90. The maximum Gasteiger partial charge on any atom is 0.264 e. The van der Waals surface area contributed by atoms with Crippen molar-refractivity contribution in [2.24, 2.45) is 0 Å². The Balaban J connectivity index is 2.01. The van der Waals surface area contributed by atoms with Crippen LogP contribution in [0.1, 0.15) is 22.3 Å². The van der Waals surface area contributed by atoms with E-state index in [1.165, 1.54) is 16.4 Å². The number of benzene rings is 3. The zero-order valence-electron chi connectivity index (χ0n) is 17.6. The van der Waals surface area contributed by atoms with Crippen LogP contribution in [0.3, 0.4) is 0 Å². The van der Waals surface area contributed by atoms with E-state index in [4.69, 9.17) is 0 Å². The summed E-state index contributed by atoms with van der Waals surface area (Å²) in [6, 6.07) is 19.4. The molecule has 30 heavy (non-hydrogen) atoms. The van der Waals surface area contributed by atoms with Gasteiger partial charge in [-0.2, -0.15) is 0 Å².